The van der Waals surface area contributed by atoms with E-state index in [2.05, 4.69) is 35.4 Å². The maximum absolute atomic E-state index is 10.8. The summed E-state index contributed by atoms with van der Waals surface area (Å²) in [6.07, 6.45) is 19.3. The van der Waals surface area contributed by atoms with Crippen LogP contribution in [-0.4, -0.2) is 21.9 Å². The fourth-order valence-electron chi connectivity index (χ4n) is 2.10. The van der Waals surface area contributed by atoms with E-state index in [0.29, 0.717) is 0 Å². The van der Waals surface area contributed by atoms with Gasteiger partial charge in [0.05, 0.1) is 0 Å². The van der Waals surface area contributed by atoms with Gasteiger partial charge in [0, 0.05) is 6.54 Å². The molecular formula is C16H28INO. The predicted octanol–water partition coefficient (Wildman–Crippen LogP) is 4.76. The average molecular weight is 377 g/mol. The molecule has 0 N–H and O–H groups in total. The van der Waals surface area contributed by atoms with Crippen molar-refractivity contribution in [2.75, 3.05) is 6.54 Å². The molecule has 0 aliphatic heterocycles. The third-order valence-electron chi connectivity index (χ3n) is 3.33. The lowest BCUT2D eigenvalue weighted by atomic mass is 10.1. The van der Waals surface area contributed by atoms with Crippen molar-refractivity contribution in [2.45, 2.75) is 75.2 Å². The lowest BCUT2D eigenvalue weighted by Crippen LogP contribution is -2.29. The van der Waals surface area contributed by atoms with Gasteiger partial charge in [-0.25, -0.2) is 0 Å². The molecule has 0 radical (unpaired) electrons. The summed E-state index contributed by atoms with van der Waals surface area (Å²) in [6.45, 7) is 3.04. The van der Waals surface area contributed by atoms with Crippen LogP contribution in [0.1, 0.15) is 71.1 Å². The maximum atomic E-state index is 10.8. The lowest BCUT2D eigenvalue weighted by Gasteiger charge is -2.19. The van der Waals surface area contributed by atoms with Crippen LogP contribution in [0.25, 0.3) is 0 Å². The molecule has 1 atom stereocenters. The van der Waals surface area contributed by atoms with Crippen molar-refractivity contribution < 1.29 is 4.79 Å². The number of carbonyl (C=O) groups excluding carboxylic acids is 1. The highest BCUT2D eigenvalue weighted by molar-refractivity contribution is 14.1. The van der Waals surface area contributed by atoms with Gasteiger partial charge in [0.2, 0.25) is 6.41 Å². The second kappa shape index (κ2) is 14.2. The van der Waals surface area contributed by atoms with E-state index in [-0.39, 0.29) is 4.05 Å². The zero-order chi connectivity index (χ0) is 14.3. The molecule has 0 rings (SSSR count). The van der Waals surface area contributed by atoms with Gasteiger partial charge in [-0.05, 0) is 29.0 Å². The molecule has 0 heterocycles. The molecule has 3 heteroatoms. The Balaban J connectivity index is 3.31. The maximum Gasteiger partial charge on any atom is 0.211 e. The first kappa shape index (κ1) is 18.8. The topological polar surface area (TPSA) is 20.3 Å². The highest BCUT2D eigenvalue weighted by atomic mass is 127. The number of nitrogens with zero attached hydrogens (tertiary/aromatic N) is 1. The summed E-state index contributed by atoms with van der Waals surface area (Å²) in [7, 11) is 0. The standard InChI is InChI=1S/C16H28INO/c1-3-5-6-7-8-9-10-11-12-13-14-18(15-19)16(17)4-2/h2,15-16H,3,5-14H2,1H3. The van der Waals surface area contributed by atoms with Crippen molar-refractivity contribution in [3.05, 3.63) is 0 Å². The van der Waals surface area contributed by atoms with Crippen molar-refractivity contribution in [1.82, 2.24) is 4.90 Å². The molecule has 0 aromatic heterocycles. The van der Waals surface area contributed by atoms with E-state index in [0.717, 1.165) is 19.4 Å². The Morgan fingerprint density at radius 1 is 1.05 bits per heavy atom. The smallest absolute Gasteiger partial charge is 0.211 e. The third-order valence-corrected chi connectivity index (χ3v) is 4.41. The molecule has 0 aliphatic rings. The Kier molecular flexibility index (Phi) is 14.0. The molecule has 110 valence electrons. The lowest BCUT2D eigenvalue weighted by molar-refractivity contribution is -0.117. The number of hydrogen-bond acceptors (Lipinski definition) is 1. The van der Waals surface area contributed by atoms with Gasteiger partial charge in [-0.15, -0.1) is 6.42 Å². The number of amides is 1. The van der Waals surface area contributed by atoms with Gasteiger partial charge in [-0.1, -0.05) is 70.6 Å². The SMILES string of the molecule is C#CC(I)N(C=O)CCCCCCCCCCCC. The minimum atomic E-state index is -0.103. The predicted molar refractivity (Wildman–Crippen MR) is 91.3 cm³/mol. The first-order valence-electron chi connectivity index (χ1n) is 7.57. The van der Waals surface area contributed by atoms with Crippen molar-refractivity contribution in [1.29, 1.82) is 0 Å². The normalized spacial score (nSPS) is 11.8. The zero-order valence-corrected chi connectivity index (χ0v) is 14.4. The van der Waals surface area contributed by atoms with Gasteiger partial charge in [0.15, 0.2) is 0 Å². The van der Waals surface area contributed by atoms with Gasteiger partial charge in [-0.3, -0.25) is 4.79 Å². The Bertz CT molecular complexity index is 250. The first-order chi connectivity index (χ1) is 9.26. The zero-order valence-electron chi connectivity index (χ0n) is 12.2. The van der Waals surface area contributed by atoms with E-state index >= 15 is 0 Å². The highest BCUT2D eigenvalue weighted by Gasteiger charge is 2.08. The van der Waals surface area contributed by atoms with Crippen LogP contribution in [0, 0.1) is 12.3 Å². The number of hydrogen-bond donors (Lipinski definition) is 0. The molecule has 0 aromatic rings. The highest BCUT2D eigenvalue weighted by Crippen LogP contribution is 2.12. The Morgan fingerprint density at radius 3 is 1.95 bits per heavy atom. The minimum Gasteiger partial charge on any atom is -0.323 e. The monoisotopic (exact) mass is 377 g/mol. The van der Waals surface area contributed by atoms with Crippen molar-refractivity contribution in [3.63, 3.8) is 0 Å². The van der Waals surface area contributed by atoms with Crippen LogP contribution in [0.4, 0.5) is 0 Å². The van der Waals surface area contributed by atoms with Crippen LogP contribution < -0.4 is 0 Å². The van der Waals surface area contributed by atoms with E-state index in [1.807, 2.05) is 0 Å². The number of terminal acetylenes is 1. The molecule has 0 fully saturated rings. The summed E-state index contributed by atoms with van der Waals surface area (Å²) in [6, 6.07) is 0. The van der Waals surface area contributed by atoms with Crippen molar-refractivity contribution >= 4 is 29.0 Å². The fourth-order valence-corrected chi connectivity index (χ4v) is 2.51. The van der Waals surface area contributed by atoms with Gasteiger partial charge in [-0.2, -0.15) is 0 Å². The van der Waals surface area contributed by atoms with E-state index in [1.54, 1.807) is 4.90 Å². The Labute approximate surface area is 132 Å². The van der Waals surface area contributed by atoms with Crippen LogP contribution in [0.3, 0.4) is 0 Å². The minimum absolute atomic E-state index is 0.103. The molecule has 0 saturated heterocycles. The van der Waals surface area contributed by atoms with Gasteiger partial charge >= 0.3 is 0 Å². The third kappa shape index (κ3) is 11.3. The number of alkyl halides is 1. The number of halogens is 1. The van der Waals surface area contributed by atoms with E-state index in [4.69, 9.17) is 6.42 Å². The number of rotatable bonds is 13. The molecule has 0 spiro atoms. The molecule has 1 amide bonds. The van der Waals surface area contributed by atoms with E-state index in [9.17, 15) is 4.79 Å². The Hall–Kier alpha value is -0.240. The first-order valence-corrected chi connectivity index (χ1v) is 8.82. The van der Waals surface area contributed by atoms with Gasteiger partial charge < -0.3 is 4.90 Å². The average Bonchev–Trinajstić information content (AvgIpc) is 2.44. The summed E-state index contributed by atoms with van der Waals surface area (Å²) in [5.74, 6) is 2.58. The van der Waals surface area contributed by atoms with Gasteiger partial charge in [0.1, 0.15) is 4.05 Å². The molecular weight excluding hydrogens is 349 g/mol. The molecule has 19 heavy (non-hydrogen) atoms. The van der Waals surface area contributed by atoms with Crippen LogP contribution in [-0.2, 0) is 4.79 Å². The largest absolute Gasteiger partial charge is 0.323 e. The summed E-state index contributed by atoms with van der Waals surface area (Å²) in [4.78, 5) is 12.5. The summed E-state index contributed by atoms with van der Waals surface area (Å²) in [5.41, 5.74) is 0. The van der Waals surface area contributed by atoms with Crippen LogP contribution in [0.2, 0.25) is 0 Å². The molecule has 1 unspecified atom stereocenters. The number of unbranched alkanes of at least 4 members (excludes halogenated alkanes) is 9. The van der Waals surface area contributed by atoms with E-state index < -0.39 is 0 Å². The molecule has 0 bridgehead atoms. The summed E-state index contributed by atoms with van der Waals surface area (Å²) < 4.78 is -0.103. The summed E-state index contributed by atoms with van der Waals surface area (Å²) in [5, 5.41) is 0. The second-order valence-corrected chi connectivity index (χ2v) is 6.21. The van der Waals surface area contributed by atoms with Crippen LogP contribution in [0.15, 0.2) is 0 Å². The molecule has 2 nitrogen and oxygen atoms in total. The Morgan fingerprint density at radius 2 is 1.53 bits per heavy atom. The quantitative estimate of drug-likeness (QED) is 0.113. The number of carbonyl (C=O) groups is 1. The second-order valence-electron chi connectivity index (χ2n) is 5.03. The molecule has 0 saturated carbocycles. The fraction of sp³-hybridized carbons (Fsp3) is 0.812. The van der Waals surface area contributed by atoms with Crippen LogP contribution >= 0.6 is 22.6 Å². The molecule has 0 aliphatic carbocycles. The van der Waals surface area contributed by atoms with E-state index in [1.165, 1.54) is 57.8 Å². The molecule has 0 aromatic carbocycles. The van der Waals surface area contributed by atoms with Crippen molar-refractivity contribution in [2.24, 2.45) is 0 Å². The van der Waals surface area contributed by atoms with Crippen LogP contribution in [0.5, 0.6) is 0 Å². The van der Waals surface area contributed by atoms with Crippen molar-refractivity contribution in [3.8, 4) is 12.3 Å². The van der Waals surface area contributed by atoms with Gasteiger partial charge in [0.25, 0.3) is 0 Å². The summed E-state index contributed by atoms with van der Waals surface area (Å²) >= 11 is 2.12.